The van der Waals surface area contributed by atoms with Gasteiger partial charge >= 0.3 is 0 Å². The summed E-state index contributed by atoms with van der Waals surface area (Å²) in [4.78, 5) is 0. The lowest BCUT2D eigenvalue weighted by atomic mass is 9.91. The maximum Gasteiger partial charge on any atom is 0.198 e. The van der Waals surface area contributed by atoms with Crippen LogP contribution >= 0.6 is 0 Å². The summed E-state index contributed by atoms with van der Waals surface area (Å²) in [6.45, 7) is -0.546. The summed E-state index contributed by atoms with van der Waals surface area (Å²) in [5.74, 6) is -0.362. The second-order valence-electron chi connectivity index (χ2n) is 6.00. The van der Waals surface area contributed by atoms with Gasteiger partial charge in [0.05, 0.1) is 26.9 Å². The number of hydrogen-bond donors (Lipinski definition) is 4. The Morgan fingerprint density at radius 2 is 1.92 bits per heavy atom. The highest BCUT2D eigenvalue weighted by Crippen LogP contribution is 2.49. The molecule has 0 saturated carbocycles. The van der Waals surface area contributed by atoms with Crippen LogP contribution in [0.25, 0.3) is 0 Å². The van der Waals surface area contributed by atoms with Gasteiger partial charge in [-0.15, -0.1) is 0 Å². The van der Waals surface area contributed by atoms with Crippen LogP contribution in [0.2, 0.25) is 0 Å². The number of ether oxygens (including phenoxy) is 4. The predicted octanol–water partition coefficient (Wildman–Crippen LogP) is -0.881. The van der Waals surface area contributed by atoms with Gasteiger partial charge in [-0.3, -0.25) is 0 Å². The molecule has 0 amide bonds. The van der Waals surface area contributed by atoms with Crippen LogP contribution in [0.15, 0.2) is 18.2 Å². The average molecular weight is 342 g/mol. The summed E-state index contributed by atoms with van der Waals surface area (Å²) in [6.07, 6.45) is -5.48. The van der Waals surface area contributed by atoms with E-state index < -0.39 is 42.9 Å². The molecule has 134 valence electrons. The second-order valence-corrected chi connectivity index (χ2v) is 6.00. The van der Waals surface area contributed by atoms with E-state index in [1.807, 2.05) is 0 Å². The van der Waals surface area contributed by atoms with E-state index in [2.05, 4.69) is 0 Å². The van der Waals surface area contributed by atoms with Gasteiger partial charge in [-0.2, -0.15) is 0 Å². The second kappa shape index (κ2) is 6.47. The molecular weight excluding hydrogens is 320 g/mol. The standard InChI is InChI=1S/C16H22O8/c1-21-11-4-3-8(5-12(11)22-2)16-6-9(18)13(20)15(24-16)14(23-16)10(19)7-17/h3-5,9-10,13-15,17-20H,6-7H2,1-2H3/t9-,10-,13-,14-,15-,16-/m1/s1. The van der Waals surface area contributed by atoms with E-state index in [1.165, 1.54) is 14.2 Å². The van der Waals surface area contributed by atoms with Gasteiger partial charge in [0.15, 0.2) is 17.3 Å². The van der Waals surface area contributed by atoms with Gasteiger partial charge in [0.25, 0.3) is 0 Å². The first-order chi connectivity index (χ1) is 11.5. The summed E-state index contributed by atoms with van der Waals surface area (Å²) in [7, 11) is 3.01. The van der Waals surface area contributed by atoms with Crippen LogP contribution in [0.3, 0.4) is 0 Å². The molecule has 0 aromatic heterocycles. The highest BCUT2D eigenvalue weighted by Gasteiger charge is 2.59. The maximum absolute atomic E-state index is 10.2. The fourth-order valence-electron chi connectivity index (χ4n) is 3.31. The zero-order chi connectivity index (χ0) is 17.5. The fourth-order valence-corrected chi connectivity index (χ4v) is 3.31. The van der Waals surface area contributed by atoms with Crippen molar-refractivity contribution in [3.63, 3.8) is 0 Å². The van der Waals surface area contributed by atoms with Gasteiger partial charge in [-0.1, -0.05) is 0 Å². The third-order valence-corrected chi connectivity index (χ3v) is 4.58. The van der Waals surface area contributed by atoms with E-state index in [4.69, 9.17) is 18.9 Å². The van der Waals surface area contributed by atoms with Crippen molar-refractivity contribution in [1.29, 1.82) is 0 Å². The van der Waals surface area contributed by atoms with Gasteiger partial charge in [0, 0.05) is 12.0 Å². The third kappa shape index (κ3) is 2.65. The number of fused-ring (bicyclic) bond motifs is 2. The Morgan fingerprint density at radius 3 is 2.54 bits per heavy atom. The van der Waals surface area contributed by atoms with Crippen LogP contribution in [0.5, 0.6) is 11.5 Å². The molecule has 1 aromatic carbocycles. The molecule has 3 rings (SSSR count). The number of aliphatic hydroxyl groups is 4. The zero-order valence-electron chi connectivity index (χ0n) is 13.5. The molecule has 0 unspecified atom stereocenters. The lowest BCUT2D eigenvalue weighted by molar-refractivity contribution is -0.247. The molecule has 4 N–H and O–H groups in total. The van der Waals surface area contributed by atoms with Crippen molar-refractivity contribution in [2.24, 2.45) is 0 Å². The minimum Gasteiger partial charge on any atom is -0.493 e. The van der Waals surface area contributed by atoms with Crippen molar-refractivity contribution in [1.82, 2.24) is 0 Å². The summed E-state index contributed by atoms with van der Waals surface area (Å²) in [5, 5.41) is 39.5. The smallest absolute Gasteiger partial charge is 0.198 e. The van der Waals surface area contributed by atoms with E-state index in [0.717, 1.165) is 0 Å². The molecule has 1 aromatic rings. The molecule has 8 heteroatoms. The van der Waals surface area contributed by atoms with Crippen LogP contribution in [-0.2, 0) is 15.3 Å². The average Bonchev–Trinajstić information content (AvgIpc) is 2.95. The number of rotatable bonds is 5. The zero-order valence-corrected chi connectivity index (χ0v) is 13.5. The summed E-state index contributed by atoms with van der Waals surface area (Å²) in [5.41, 5.74) is 0.559. The van der Waals surface area contributed by atoms with E-state index in [0.29, 0.717) is 17.1 Å². The lowest BCUT2D eigenvalue weighted by Gasteiger charge is -2.37. The molecule has 0 aliphatic carbocycles. The number of benzene rings is 1. The van der Waals surface area contributed by atoms with Crippen molar-refractivity contribution < 1.29 is 39.4 Å². The van der Waals surface area contributed by atoms with Gasteiger partial charge in [-0.25, -0.2) is 0 Å². The van der Waals surface area contributed by atoms with Crippen LogP contribution in [0.4, 0.5) is 0 Å². The Morgan fingerprint density at radius 1 is 1.21 bits per heavy atom. The molecule has 24 heavy (non-hydrogen) atoms. The van der Waals surface area contributed by atoms with Crippen molar-refractivity contribution >= 4 is 0 Å². The number of hydrogen-bond acceptors (Lipinski definition) is 8. The highest BCUT2D eigenvalue weighted by atomic mass is 16.8. The molecule has 2 fully saturated rings. The van der Waals surface area contributed by atoms with Gasteiger partial charge in [-0.05, 0) is 18.2 Å². The quantitative estimate of drug-likeness (QED) is 0.545. The topological polar surface area (TPSA) is 118 Å². The SMILES string of the molecule is COc1ccc([C@@]23C[C@@H](O)[C@@H](O)[C@@H](O2)[C@@H]([C@H](O)CO)O3)cc1OC. The Bertz CT molecular complexity index is 593. The Kier molecular flexibility index (Phi) is 4.69. The molecule has 0 radical (unpaired) electrons. The summed E-state index contributed by atoms with van der Waals surface area (Å²) >= 11 is 0. The first-order valence-electron chi connectivity index (χ1n) is 7.69. The van der Waals surface area contributed by atoms with Crippen LogP contribution < -0.4 is 9.47 Å². The Hall–Kier alpha value is -1.42. The van der Waals surface area contributed by atoms with Crippen LogP contribution in [0.1, 0.15) is 12.0 Å². The van der Waals surface area contributed by atoms with E-state index in [1.54, 1.807) is 18.2 Å². The first-order valence-corrected chi connectivity index (χ1v) is 7.69. The van der Waals surface area contributed by atoms with Crippen molar-refractivity contribution in [3.05, 3.63) is 23.8 Å². The maximum atomic E-state index is 10.2. The van der Waals surface area contributed by atoms with Crippen molar-refractivity contribution in [2.45, 2.75) is 42.7 Å². The normalized spacial score (nSPS) is 36.4. The molecule has 2 saturated heterocycles. The minimum absolute atomic E-state index is 0.0190. The molecule has 8 nitrogen and oxygen atoms in total. The number of aliphatic hydroxyl groups excluding tert-OH is 4. The molecule has 2 aliphatic rings. The minimum atomic E-state index is -1.34. The van der Waals surface area contributed by atoms with Gasteiger partial charge in [0.2, 0.25) is 0 Å². The largest absolute Gasteiger partial charge is 0.493 e. The third-order valence-electron chi connectivity index (χ3n) is 4.58. The first kappa shape index (κ1) is 17.4. The van der Waals surface area contributed by atoms with Crippen LogP contribution in [0, 0.1) is 0 Å². The molecule has 2 bridgehead atoms. The molecule has 6 atom stereocenters. The van der Waals surface area contributed by atoms with E-state index in [-0.39, 0.29) is 6.42 Å². The predicted molar refractivity (Wildman–Crippen MR) is 80.7 cm³/mol. The lowest BCUT2D eigenvalue weighted by Crippen LogP contribution is -2.51. The number of methoxy groups -OCH3 is 2. The fraction of sp³-hybridized carbons (Fsp3) is 0.625. The molecule has 0 spiro atoms. The van der Waals surface area contributed by atoms with Crippen molar-refractivity contribution in [2.75, 3.05) is 20.8 Å². The summed E-state index contributed by atoms with van der Waals surface area (Å²) in [6, 6.07) is 5.04. The monoisotopic (exact) mass is 342 g/mol. The van der Waals surface area contributed by atoms with E-state index in [9.17, 15) is 20.4 Å². The summed E-state index contributed by atoms with van der Waals surface area (Å²) < 4.78 is 22.2. The Labute approximate surface area is 139 Å². The van der Waals surface area contributed by atoms with Gasteiger partial charge in [0.1, 0.15) is 24.4 Å². The van der Waals surface area contributed by atoms with E-state index >= 15 is 0 Å². The van der Waals surface area contributed by atoms with Crippen molar-refractivity contribution in [3.8, 4) is 11.5 Å². The highest BCUT2D eigenvalue weighted by molar-refractivity contribution is 5.44. The molecule has 2 heterocycles. The molecule has 2 aliphatic heterocycles. The molecular formula is C16H22O8. The van der Waals surface area contributed by atoms with Crippen LogP contribution in [-0.4, -0.2) is 71.8 Å². The Balaban J connectivity index is 2.00. The van der Waals surface area contributed by atoms with Gasteiger partial charge < -0.3 is 39.4 Å².